The number of anilines is 2. The molecule has 0 saturated heterocycles. The molecule has 0 spiro atoms. The van der Waals surface area contributed by atoms with Crippen molar-refractivity contribution in [2.45, 2.75) is 20.3 Å². The molecule has 2 heterocycles. The normalized spacial score (nSPS) is 14.8. The highest BCUT2D eigenvalue weighted by Gasteiger charge is 2.19. The Morgan fingerprint density at radius 1 is 1.10 bits per heavy atom. The largest absolute Gasteiger partial charge is 0.421 e. The van der Waals surface area contributed by atoms with Gasteiger partial charge in [-0.15, -0.1) is 0 Å². The Kier molecular flexibility index (Phi) is 5.99. The fraction of sp³-hybridized carbons (Fsp3) is 0.348. The van der Waals surface area contributed by atoms with Crippen molar-refractivity contribution >= 4 is 23.5 Å². The number of amidine groups is 1. The first kappa shape index (κ1) is 21.0. The van der Waals surface area contributed by atoms with Gasteiger partial charge in [-0.1, -0.05) is 17.7 Å². The fourth-order valence-corrected chi connectivity index (χ4v) is 3.47. The predicted octanol–water partition coefficient (Wildman–Crippen LogP) is 4.11. The number of nitrogens with one attached hydrogen (secondary N) is 2. The third kappa shape index (κ3) is 5.08. The van der Waals surface area contributed by atoms with Gasteiger partial charge in [0.05, 0.1) is 6.54 Å². The summed E-state index contributed by atoms with van der Waals surface area (Å²) in [5.41, 5.74) is 3.84. The molecule has 0 radical (unpaired) electrons. The first-order chi connectivity index (χ1) is 14.9. The van der Waals surface area contributed by atoms with Gasteiger partial charge in [0, 0.05) is 24.7 Å². The van der Waals surface area contributed by atoms with E-state index in [2.05, 4.69) is 30.5 Å². The molecule has 2 N–H and O–H groups in total. The van der Waals surface area contributed by atoms with Crippen LogP contribution in [0.25, 0.3) is 6.08 Å². The molecule has 4 rings (SSSR count). The molecule has 1 aromatic heterocycles. The fourth-order valence-electron chi connectivity index (χ4n) is 3.47. The van der Waals surface area contributed by atoms with E-state index < -0.39 is 5.82 Å². The highest BCUT2D eigenvalue weighted by molar-refractivity contribution is 6.05. The number of allylic oxidation sites excluding steroid dienone is 1. The van der Waals surface area contributed by atoms with E-state index in [4.69, 9.17) is 4.74 Å². The van der Waals surface area contributed by atoms with Crippen LogP contribution in [0.2, 0.25) is 0 Å². The lowest BCUT2D eigenvalue weighted by Gasteiger charge is -2.14. The van der Waals surface area contributed by atoms with Gasteiger partial charge < -0.3 is 20.3 Å². The number of rotatable bonds is 7. The van der Waals surface area contributed by atoms with Crippen LogP contribution in [-0.2, 0) is 6.42 Å². The molecule has 0 bridgehead atoms. The summed E-state index contributed by atoms with van der Waals surface area (Å²) in [5.74, 6) is 1.56. The van der Waals surface area contributed by atoms with Crippen LogP contribution in [0.4, 0.5) is 16.0 Å². The van der Waals surface area contributed by atoms with Crippen molar-refractivity contribution in [3.8, 4) is 11.8 Å². The van der Waals surface area contributed by atoms with Crippen molar-refractivity contribution in [2.24, 2.45) is 4.99 Å². The lowest BCUT2D eigenvalue weighted by molar-refractivity contribution is 0.410. The van der Waals surface area contributed by atoms with Crippen LogP contribution in [0.1, 0.15) is 25.0 Å². The number of fused-ring (bicyclic) bond motifs is 1. The molecule has 0 fully saturated rings. The van der Waals surface area contributed by atoms with Crippen LogP contribution < -0.4 is 15.4 Å². The number of halogens is 1. The molecule has 2 aliphatic rings. The number of nitrogens with zero attached hydrogens (tertiary/aromatic N) is 4. The Hall–Kier alpha value is -3.26. The van der Waals surface area contributed by atoms with Crippen LogP contribution in [0.5, 0.6) is 11.8 Å². The Labute approximate surface area is 181 Å². The second kappa shape index (κ2) is 8.85. The van der Waals surface area contributed by atoms with Gasteiger partial charge >= 0.3 is 6.01 Å². The summed E-state index contributed by atoms with van der Waals surface area (Å²) in [7, 11) is 4.01. The van der Waals surface area contributed by atoms with Crippen molar-refractivity contribution in [3.63, 3.8) is 0 Å². The molecular weight excluding hydrogens is 395 g/mol. The average molecular weight is 423 g/mol. The summed E-state index contributed by atoms with van der Waals surface area (Å²) in [6.45, 7) is 6.21. The highest BCUT2D eigenvalue weighted by Crippen LogP contribution is 2.34. The van der Waals surface area contributed by atoms with E-state index in [1.165, 1.54) is 5.57 Å². The summed E-state index contributed by atoms with van der Waals surface area (Å²) in [6.07, 6.45) is 4.59. The van der Waals surface area contributed by atoms with Gasteiger partial charge in [0.1, 0.15) is 17.5 Å². The monoisotopic (exact) mass is 422 g/mol. The Balaban J connectivity index is 1.60. The number of hydrogen-bond acceptors (Lipinski definition) is 7. The number of benzene rings is 1. The second-order valence-electron chi connectivity index (χ2n) is 8.19. The maximum atomic E-state index is 15.0. The van der Waals surface area contributed by atoms with Crippen molar-refractivity contribution in [3.05, 3.63) is 52.4 Å². The summed E-state index contributed by atoms with van der Waals surface area (Å²) >= 11 is 0. The molecule has 1 aromatic carbocycles. The summed E-state index contributed by atoms with van der Waals surface area (Å²) in [5, 5.41) is 6.45. The average Bonchev–Trinajstić information content (AvgIpc) is 3.29. The molecule has 1 aliphatic carbocycles. The molecule has 2 aromatic rings. The molecule has 0 amide bonds. The van der Waals surface area contributed by atoms with E-state index in [0.29, 0.717) is 30.3 Å². The maximum Gasteiger partial charge on any atom is 0.326 e. The molecule has 0 saturated carbocycles. The summed E-state index contributed by atoms with van der Waals surface area (Å²) < 4.78 is 20.8. The molecule has 8 heteroatoms. The van der Waals surface area contributed by atoms with Crippen molar-refractivity contribution < 1.29 is 9.13 Å². The van der Waals surface area contributed by atoms with Gasteiger partial charge in [0.15, 0.2) is 11.6 Å². The van der Waals surface area contributed by atoms with Crippen LogP contribution >= 0.6 is 0 Å². The zero-order valence-corrected chi connectivity index (χ0v) is 18.3. The smallest absolute Gasteiger partial charge is 0.326 e. The minimum absolute atomic E-state index is 0.0641. The molecule has 0 atom stereocenters. The van der Waals surface area contributed by atoms with E-state index in [0.717, 1.165) is 29.9 Å². The van der Waals surface area contributed by atoms with Gasteiger partial charge in [-0.2, -0.15) is 9.97 Å². The first-order valence-corrected chi connectivity index (χ1v) is 10.3. The standard InChI is InChI=1S/C23H27FN6O/c1-14-9-16-5-6-18(22(24)17(16)10-14)31-23-28-20(25-7-8-30(3)4)12-21(29-23)27-19-11-15(2)13-26-19/h5-6,10-12H,7-9,13H2,1-4H3,(H2,25,26,27,28,29). The number of aromatic nitrogens is 2. The highest BCUT2D eigenvalue weighted by atomic mass is 19.1. The van der Waals surface area contributed by atoms with Crippen molar-refractivity contribution in [1.29, 1.82) is 0 Å². The third-order valence-corrected chi connectivity index (χ3v) is 5.00. The van der Waals surface area contributed by atoms with E-state index in [1.54, 1.807) is 12.1 Å². The number of hydrogen-bond donors (Lipinski definition) is 2. The topological polar surface area (TPSA) is 74.7 Å². The summed E-state index contributed by atoms with van der Waals surface area (Å²) in [4.78, 5) is 15.3. The minimum atomic E-state index is -0.392. The zero-order valence-electron chi connectivity index (χ0n) is 18.3. The predicted molar refractivity (Wildman–Crippen MR) is 123 cm³/mol. The van der Waals surface area contributed by atoms with E-state index in [-0.39, 0.29) is 11.8 Å². The quantitative estimate of drug-likeness (QED) is 0.700. The molecule has 0 unspecified atom stereocenters. The van der Waals surface area contributed by atoms with Crippen LogP contribution in [0.15, 0.2) is 40.4 Å². The van der Waals surface area contributed by atoms with E-state index in [9.17, 15) is 0 Å². The maximum absolute atomic E-state index is 15.0. The van der Waals surface area contributed by atoms with Gasteiger partial charge in [0.25, 0.3) is 0 Å². The first-order valence-electron chi connectivity index (χ1n) is 10.3. The van der Waals surface area contributed by atoms with Gasteiger partial charge in [-0.3, -0.25) is 4.99 Å². The minimum Gasteiger partial charge on any atom is -0.421 e. The van der Waals surface area contributed by atoms with E-state index in [1.807, 2.05) is 46.2 Å². The Morgan fingerprint density at radius 3 is 2.65 bits per heavy atom. The van der Waals surface area contributed by atoms with Crippen LogP contribution in [-0.4, -0.2) is 54.4 Å². The molecule has 162 valence electrons. The lowest BCUT2D eigenvalue weighted by Crippen LogP contribution is -2.21. The zero-order chi connectivity index (χ0) is 22.0. The van der Waals surface area contributed by atoms with Crippen molar-refractivity contribution in [1.82, 2.24) is 14.9 Å². The number of likely N-dealkylation sites (N-methyl/N-ethyl adjacent to an activating group) is 1. The molecular formula is C23H27FN6O. The molecule has 31 heavy (non-hydrogen) atoms. The van der Waals surface area contributed by atoms with Crippen molar-refractivity contribution in [2.75, 3.05) is 44.4 Å². The number of ether oxygens (including phenoxy) is 1. The van der Waals surface area contributed by atoms with Crippen LogP contribution in [0.3, 0.4) is 0 Å². The number of aliphatic imine (C=N–C) groups is 1. The van der Waals surface area contributed by atoms with Crippen LogP contribution in [0, 0.1) is 5.82 Å². The summed E-state index contributed by atoms with van der Waals surface area (Å²) in [6, 6.07) is 5.38. The SMILES string of the molecule is CC1=CC(Nc2cc(NCCN(C)C)nc(Oc3ccc4c(c3F)C=C(C)C4)n2)=NC1. The Bertz CT molecular complexity index is 1090. The Morgan fingerprint density at radius 2 is 1.90 bits per heavy atom. The van der Waals surface area contributed by atoms with Gasteiger partial charge in [-0.05, 0) is 57.6 Å². The van der Waals surface area contributed by atoms with E-state index >= 15 is 4.39 Å². The molecule has 1 aliphatic heterocycles. The molecule has 7 nitrogen and oxygen atoms in total. The third-order valence-electron chi connectivity index (χ3n) is 5.00. The van der Waals surface area contributed by atoms with Gasteiger partial charge in [-0.25, -0.2) is 4.39 Å². The second-order valence-corrected chi connectivity index (χ2v) is 8.19. The van der Waals surface area contributed by atoms with Gasteiger partial charge in [0.2, 0.25) is 0 Å². The lowest BCUT2D eigenvalue weighted by atomic mass is 10.1.